The van der Waals surface area contributed by atoms with Gasteiger partial charge in [-0.05, 0) is 24.7 Å². The Morgan fingerprint density at radius 1 is 1.50 bits per heavy atom. The number of hydrogen-bond donors (Lipinski definition) is 3. The Hall–Kier alpha value is -1.07. The van der Waals surface area contributed by atoms with E-state index in [9.17, 15) is 9.59 Å². The van der Waals surface area contributed by atoms with Gasteiger partial charge in [-0.2, -0.15) is 0 Å². The normalized spacial score (nSPS) is 27.9. The predicted octanol–water partition coefficient (Wildman–Crippen LogP) is 1.72. The number of carboxylic acids is 1. The molecular weight excluding hydrogens is 280 g/mol. The first-order valence-electron chi connectivity index (χ1n) is 6.88. The Morgan fingerprint density at radius 3 is 2.60 bits per heavy atom. The van der Waals surface area contributed by atoms with E-state index < -0.39 is 12.0 Å². The molecule has 4 atom stereocenters. The van der Waals surface area contributed by atoms with E-state index in [1.54, 1.807) is 6.08 Å². The lowest BCUT2D eigenvalue weighted by Gasteiger charge is -2.29. The van der Waals surface area contributed by atoms with E-state index in [1.807, 2.05) is 0 Å². The summed E-state index contributed by atoms with van der Waals surface area (Å²) in [7, 11) is 0. The average Bonchev–Trinajstić information content (AvgIpc) is 2.71. The maximum Gasteiger partial charge on any atom is 0.320 e. The van der Waals surface area contributed by atoms with Crippen molar-refractivity contribution in [2.75, 3.05) is 0 Å². The second-order valence-electron chi connectivity index (χ2n) is 5.74. The highest BCUT2D eigenvalue weighted by Gasteiger charge is 2.40. The van der Waals surface area contributed by atoms with Crippen LogP contribution in [0.4, 0.5) is 0 Å². The SMILES string of the molecule is CC(=O)NC(CC(C)C)C1NC(C(=O)O)CC1/C=C/Cl. The van der Waals surface area contributed by atoms with Crippen molar-refractivity contribution in [3.05, 3.63) is 11.6 Å². The average molecular weight is 303 g/mol. The maximum atomic E-state index is 11.4. The highest BCUT2D eigenvalue weighted by Crippen LogP contribution is 2.27. The number of rotatable bonds is 6. The fraction of sp³-hybridized carbons (Fsp3) is 0.714. The smallest absolute Gasteiger partial charge is 0.320 e. The Morgan fingerprint density at radius 2 is 2.15 bits per heavy atom. The monoisotopic (exact) mass is 302 g/mol. The third-order valence-electron chi connectivity index (χ3n) is 3.53. The van der Waals surface area contributed by atoms with Crippen LogP contribution in [0.5, 0.6) is 0 Å². The topological polar surface area (TPSA) is 78.4 Å². The summed E-state index contributed by atoms with van der Waals surface area (Å²) in [6.45, 7) is 5.62. The highest BCUT2D eigenvalue weighted by molar-refractivity contribution is 6.25. The van der Waals surface area contributed by atoms with Gasteiger partial charge < -0.3 is 10.4 Å². The number of amides is 1. The Balaban J connectivity index is 2.89. The van der Waals surface area contributed by atoms with E-state index in [0.717, 1.165) is 6.42 Å². The molecule has 0 spiro atoms. The van der Waals surface area contributed by atoms with Crippen LogP contribution in [0.15, 0.2) is 11.6 Å². The zero-order valence-electron chi connectivity index (χ0n) is 12.1. The third-order valence-corrected chi connectivity index (χ3v) is 3.67. The Kier molecular flexibility index (Phi) is 6.49. The van der Waals surface area contributed by atoms with Crippen molar-refractivity contribution in [2.45, 2.75) is 51.7 Å². The number of carboxylic acid groups (broad SMARTS) is 1. The maximum absolute atomic E-state index is 11.4. The van der Waals surface area contributed by atoms with Gasteiger partial charge in [0, 0.05) is 24.5 Å². The Labute approximate surface area is 124 Å². The molecule has 6 heteroatoms. The molecule has 1 heterocycles. The van der Waals surface area contributed by atoms with Crippen molar-refractivity contribution >= 4 is 23.5 Å². The number of carbonyl (C=O) groups is 2. The molecule has 0 aromatic rings. The zero-order chi connectivity index (χ0) is 15.3. The van der Waals surface area contributed by atoms with Crippen molar-refractivity contribution in [3.8, 4) is 0 Å². The largest absolute Gasteiger partial charge is 0.480 e. The van der Waals surface area contributed by atoms with Gasteiger partial charge >= 0.3 is 5.97 Å². The number of aliphatic carboxylic acids is 1. The van der Waals surface area contributed by atoms with Gasteiger partial charge in [0.2, 0.25) is 5.91 Å². The molecule has 1 aliphatic rings. The summed E-state index contributed by atoms with van der Waals surface area (Å²) in [5, 5.41) is 15.2. The van der Waals surface area contributed by atoms with Crippen LogP contribution in [0, 0.1) is 11.8 Å². The van der Waals surface area contributed by atoms with Gasteiger partial charge in [-0.1, -0.05) is 31.5 Å². The van der Waals surface area contributed by atoms with Crippen molar-refractivity contribution in [1.82, 2.24) is 10.6 Å². The van der Waals surface area contributed by atoms with Crippen LogP contribution in [-0.2, 0) is 9.59 Å². The molecule has 20 heavy (non-hydrogen) atoms. The van der Waals surface area contributed by atoms with Gasteiger partial charge in [-0.15, -0.1) is 0 Å². The molecule has 4 unspecified atom stereocenters. The molecule has 5 nitrogen and oxygen atoms in total. The van der Waals surface area contributed by atoms with E-state index >= 15 is 0 Å². The summed E-state index contributed by atoms with van der Waals surface area (Å²) in [6, 6.07) is -0.812. The van der Waals surface area contributed by atoms with E-state index in [4.69, 9.17) is 16.7 Å². The van der Waals surface area contributed by atoms with Crippen LogP contribution in [0.2, 0.25) is 0 Å². The lowest BCUT2D eigenvalue weighted by Crippen LogP contribution is -2.51. The molecule has 0 aromatic heterocycles. The van der Waals surface area contributed by atoms with Gasteiger partial charge in [-0.25, -0.2) is 0 Å². The quantitative estimate of drug-likeness (QED) is 0.698. The van der Waals surface area contributed by atoms with Crippen molar-refractivity contribution in [1.29, 1.82) is 0 Å². The summed E-state index contributed by atoms with van der Waals surface area (Å²) in [6.07, 6.45) is 3.07. The molecule has 0 radical (unpaired) electrons. The van der Waals surface area contributed by atoms with Crippen LogP contribution >= 0.6 is 11.6 Å². The van der Waals surface area contributed by atoms with Crippen LogP contribution < -0.4 is 10.6 Å². The molecule has 1 fully saturated rings. The van der Waals surface area contributed by atoms with E-state index in [2.05, 4.69) is 24.5 Å². The molecular formula is C14H23ClN2O3. The molecule has 0 aliphatic carbocycles. The number of nitrogens with one attached hydrogen (secondary N) is 2. The van der Waals surface area contributed by atoms with Crippen molar-refractivity contribution in [3.63, 3.8) is 0 Å². The van der Waals surface area contributed by atoms with Crippen LogP contribution in [0.3, 0.4) is 0 Å². The van der Waals surface area contributed by atoms with Gasteiger partial charge in [-0.3, -0.25) is 14.9 Å². The molecule has 1 amide bonds. The lowest BCUT2D eigenvalue weighted by molar-refractivity contribution is -0.139. The van der Waals surface area contributed by atoms with E-state index in [0.29, 0.717) is 12.3 Å². The summed E-state index contributed by atoms with van der Waals surface area (Å²) in [5.41, 5.74) is 1.42. The number of carbonyl (C=O) groups excluding carboxylic acids is 1. The molecule has 114 valence electrons. The first-order chi connectivity index (χ1) is 9.35. The number of halogens is 1. The minimum absolute atomic E-state index is 0.00389. The summed E-state index contributed by atoms with van der Waals surface area (Å²) in [4.78, 5) is 22.5. The summed E-state index contributed by atoms with van der Waals surface area (Å²) < 4.78 is 0. The second-order valence-corrected chi connectivity index (χ2v) is 5.99. The van der Waals surface area contributed by atoms with Gasteiger partial charge in [0.1, 0.15) is 6.04 Å². The van der Waals surface area contributed by atoms with Crippen LogP contribution in [0.1, 0.15) is 33.6 Å². The molecule has 1 aliphatic heterocycles. The number of hydrogen-bond acceptors (Lipinski definition) is 3. The van der Waals surface area contributed by atoms with Crippen molar-refractivity contribution < 1.29 is 14.7 Å². The third kappa shape index (κ3) is 4.80. The van der Waals surface area contributed by atoms with Gasteiger partial charge in [0.15, 0.2) is 0 Å². The van der Waals surface area contributed by atoms with Gasteiger partial charge in [0.25, 0.3) is 0 Å². The molecule has 3 N–H and O–H groups in total. The standard InChI is InChI=1S/C14H23ClN2O3/c1-8(2)6-11(16-9(3)18)13-10(4-5-15)7-12(17-13)14(19)20/h4-5,8,10-13,17H,6-7H2,1-3H3,(H,16,18)(H,19,20)/b5-4+. The lowest BCUT2D eigenvalue weighted by atomic mass is 9.89. The fourth-order valence-corrected chi connectivity index (χ4v) is 2.97. The first-order valence-corrected chi connectivity index (χ1v) is 7.31. The van der Waals surface area contributed by atoms with E-state index in [1.165, 1.54) is 12.5 Å². The molecule has 0 bridgehead atoms. The fourth-order valence-electron chi connectivity index (χ4n) is 2.79. The highest BCUT2D eigenvalue weighted by atomic mass is 35.5. The van der Waals surface area contributed by atoms with Crippen LogP contribution in [0.25, 0.3) is 0 Å². The molecule has 1 saturated heterocycles. The summed E-state index contributed by atoms with van der Waals surface area (Å²) >= 11 is 5.65. The molecule has 1 rings (SSSR count). The molecule has 0 saturated carbocycles. The first kappa shape index (κ1) is 17.0. The van der Waals surface area contributed by atoms with Crippen molar-refractivity contribution in [2.24, 2.45) is 11.8 Å². The minimum Gasteiger partial charge on any atom is -0.480 e. The predicted molar refractivity (Wildman–Crippen MR) is 78.5 cm³/mol. The minimum atomic E-state index is -0.869. The zero-order valence-corrected chi connectivity index (χ0v) is 12.9. The summed E-state index contributed by atoms with van der Waals surface area (Å²) in [5.74, 6) is -0.571. The second kappa shape index (κ2) is 7.64. The Bertz CT molecular complexity index is 385. The van der Waals surface area contributed by atoms with Gasteiger partial charge in [0.05, 0.1) is 0 Å². The van der Waals surface area contributed by atoms with Crippen LogP contribution in [-0.4, -0.2) is 35.1 Å². The molecule has 0 aromatic carbocycles. The van der Waals surface area contributed by atoms with E-state index in [-0.39, 0.29) is 23.9 Å².